The van der Waals surface area contributed by atoms with Crippen LogP contribution in [-0.2, 0) is 25.6 Å². The Kier molecular flexibility index (Phi) is 6.89. The lowest BCUT2D eigenvalue weighted by Crippen LogP contribution is -2.16. The number of carbonyl (C=O) groups is 2. The number of allylic oxidation sites excluding steroid dienone is 1. The molecule has 5 rings (SSSR count). The van der Waals surface area contributed by atoms with Crippen LogP contribution in [-0.4, -0.2) is 33.1 Å². The number of pyridine rings is 1. The highest BCUT2D eigenvalue weighted by Crippen LogP contribution is 2.31. The highest BCUT2D eigenvalue weighted by Gasteiger charge is 2.37. The molecule has 0 unspecified atom stereocenters. The topological polar surface area (TPSA) is 95.3 Å². The average Bonchev–Trinajstić information content (AvgIpc) is 3.45. The molecule has 0 amide bonds. The highest BCUT2D eigenvalue weighted by molar-refractivity contribution is 6.26. The Labute approximate surface area is 213 Å². The largest absolute Gasteiger partial charge is 0.462 e. The maximum Gasteiger partial charge on any atom is 0.347 e. The van der Waals surface area contributed by atoms with Gasteiger partial charge in [-0.15, -0.1) is 0 Å². The molecule has 0 saturated heterocycles. The van der Waals surface area contributed by atoms with Crippen molar-refractivity contribution in [2.75, 3.05) is 11.9 Å². The van der Waals surface area contributed by atoms with Gasteiger partial charge in [0.05, 0.1) is 13.2 Å². The first-order valence-corrected chi connectivity index (χ1v) is 11.8. The van der Waals surface area contributed by atoms with Crippen LogP contribution < -0.4 is 5.32 Å². The predicted molar refractivity (Wildman–Crippen MR) is 139 cm³/mol. The molecule has 0 saturated carbocycles. The van der Waals surface area contributed by atoms with Gasteiger partial charge in [0, 0.05) is 35.4 Å². The van der Waals surface area contributed by atoms with Crippen LogP contribution in [0.1, 0.15) is 18.1 Å². The minimum absolute atomic E-state index is 0.00844. The molecule has 0 atom stereocenters. The van der Waals surface area contributed by atoms with Crippen molar-refractivity contribution < 1.29 is 19.1 Å². The molecule has 0 aliphatic carbocycles. The molecule has 1 aliphatic heterocycles. The lowest BCUT2D eigenvalue weighted by atomic mass is 10.1. The summed E-state index contributed by atoms with van der Waals surface area (Å²) in [5, 5.41) is 7.78. The van der Waals surface area contributed by atoms with E-state index in [-0.39, 0.29) is 23.8 Å². The molecule has 184 valence electrons. The summed E-state index contributed by atoms with van der Waals surface area (Å²) in [5.74, 6) is -1.29. The summed E-state index contributed by atoms with van der Waals surface area (Å²) >= 11 is 0. The van der Waals surface area contributed by atoms with Crippen LogP contribution in [0.5, 0.6) is 0 Å². The van der Waals surface area contributed by atoms with Crippen molar-refractivity contribution in [1.29, 1.82) is 0 Å². The number of esters is 1. The fraction of sp³-hybridized carbons (Fsp3) is 0.103. The third kappa shape index (κ3) is 5.33. The van der Waals surface area contributed by atoms with Crippen LogP contribution in [0.4, 0.5) is 5.69 Å². The van der Waals surface area contributed by atoms with Gasteiger partial charge >= 0.3 is 5.97 Å². The number of anilines is 1. The number of carbonyl (C=O) groups excluding carboxylic acids is 2. The third-order valence-electron chi connectivity index (χ3n) is 5.60. The number of benzene rings is 2. The van der Waals surface area contributed by atoms with Crippen LogP contribution in [0.2, 0.25) is 0 Å². The molecule has 2 aromatic heterocycles. The number of hydrogen-bond acceptors (Lipinski definition) is 7. The first-order chi connectivity index (χ1) is 18.1. The Balaban J connectivity index is 1.52. The van der Waals surface area contributed by atoms with Crippen LogP contribution >= 0.6 is 0 Å². The Hall–Kier alpha value is -4.98. The lowest BCUT2D eigenvalue weighted by molar-refractivity contribution is -0.139. The normalized spacial score (nSPS) is 14.1. The van der Waals surface area contributed by atoms with Crippen molar-refractivity contribution in [3.8, 4) is 11.3 Å². The molecule has 0 radical (unpaired) electrons. The number of nitrogens with zero attached hydrogens (tertiary/aromatic N) is 3. The standard InChI is InChI=1S/C29H24N4O4/c1-2-36-29(35)25-27(34)24(37-28(25)31-23-13-7-4-8-14-23)16-22-19-33(18-20-10-5-3-6-11-20)32-26(22)21-12-9-15-30-17-21/h3-17,19,31H,2,18H2,1H3/b24-16-. The van der Waals surface area contributed by atoms with E-state index in [0.717, 1.165) is 11.1 Å². The lowest BCUT2D eigenvalue weighted by Gasteiger charge is -2.08. The summed E-state index contributed by atoms with van der Waals surface area (Å²) in [5.41, 5.74) is 3.63. The van der Waals surface area contributed by atoms with Gasteiger partial charge in [0.25, 0.3) is 0 Å². The number of rotatable bonds is 8. The number of Topliss-reactive ketones (excluding diaryl/α,β-unsaturated/α-hetero) is 1. The first kappa shape index (κ1) is 23.7. The summed E-state index contributed by atoms with van der Waals surface area (Å²) in [6, 6.07) is 22.8. The minimum atomic E-state index is -0.749. The molecular formula is C29H24N4O4. The van der Waals surface area contributed by atoms with Gasteiger partial charge in [-0.05, 0) is 42.8 Å². The summed E-state index contributed by atoms with van der Waals surface area (Å²) < 4.78 is 12.8. The van der Waals surface area contributed by atoms with Gasteiger partial charge in [-0.25, -0.2) is 4.79 Å². The predicted octanol–water partition coefficient (Wildman–Crippen LogP) is 4.82. The molecule has 1 N–H and O–H groups in total. The van der Waals surface area contributed by atoms with E-state index in [1.54, 1.807) is 42.2 Å². The van der Waals surface area contributed by atoms with Gasteiger partial charge in [0.1, 0.15) is 5.69 Å². The van der Waals surface area contributed by atoms with Crippen LogP contribution in [0.15, 0.2) is 109 Å². The van der Waals surface area contributed by atoms with Crippen molar-refractivity contribution in [3.05, 3.63) is 120 Å². The Morgan fingerprint density at radius 3 is 2.51 bits per heavy atom. The minimum Gasteiger partial charge on any atom is -0.462 e. The molecule has 2 aromatic carbocycles. The zero-order valence-corrected chi connectivity index (χ0v) is 20.1. The van der Waals surface area contributed by atoms with Gasteiger partial charge in [0.15, 0.2) is 11.3 Å². The summed E-state index contributed by atoms with van der Waals surface area (Å²) in [7, 11) is 0. The molecule has 0 bridgehead atoms. The third-order valence-corrected chi connectivity index (χ3v) is 5.60. The van der Waals surface area contributed by atoms with Gasteiger partial charge in [-0.3, -0.25) is 14.5 Å². The zero-order chi connectivity index (χ0) is 25.6. The maximum atomic E-state index is 13.3. The monoisotopic (exact) mass is 492 g/mol. The second kappa shape index (κ2) is 10.7. The van der Waals surface area contributed by atoms with Crippen molar-refractivity contribution >= 4 is 23.5 Å². The van der Waals surface area contributed by atoms with E-state index in [4.69, 9.17) is 14.6 Å². The molecular weight excluding hydrogens is 468 g/mol. The molecule has 1 aliphatic rings. The molecule has 4 aromatic rings. The second-order valence-corrected chi connectivity index (χ2v) is 8.21. The van der Waals surface area contributed by atoms with Crippen LogP contribution in [0.25, 0.3) is 17.3 Å². The first-order valence-electron chi connectivity index (χ1n) is 11.8. The Morgan fingerprint density at radius 1 is 1.05 bits per heavy atom. The van der Waals surface area contributed by atoms with E-state index in [2.05, 4.69) is 10.3 Å². The number of hydrogen-bond donors (Lipinski definition) is 1. The van der Waals surface area contributed by atoms with E-state index >= 15 is 0 Å². The van der Waals surface area contributed by atoms with Gasteiger partial charge in [-0.2, -0.15) is 5.10 Å². The summed E-state index contributed by atoms with van der Waals surface area (Å²) in [6.45, 7) is 2.35. The van der Waals surface area contributed by atoms with Crippen molar-refractivity contribution in [2.24, 2.45) is 0 Å². The van der Waals surface area contributed by atoms with Gasteiger partial charge in [0.2, 0.25) is 11.7 Å². The number of ether oxygens (including phenoxy) is 2. The van der Waals surface area contributed by atoms with Crippen molar-refractivity contribution in [2.45, 2.75) is 13.5 Å². The fourth-order valence-electron chi connectivity index (χ4n) is 3.92. The molecule has 8 heteroatoms. The van der Waals surface area contributed by atoms with E-state index < -0.39 is 11.8 Å². The molecule has 8 nitrogen and oxygen atoms in total. The highest BCUT2D eigenvalue weighted by atomic mass is 16.5. The van der Waals surface area contributed by atoms with Crippen molar-refractivity contribution in [3.63, 3.8) is 0 Å². The molecule has 0 fully saturated rings. The van der Waals surface area contributed by atoms with E-state index in [1.807, 2.05) is 66.9 Å². The SMILES string of the molecule is CCOC(=O)C1=C(Nc2ccccc2)O/C(=C\c2cn(Cc3ccccc3)nc2-c2cccnc2)C1=O. The second-order valence-electron chi connectivity index (χ2n) is 8.21. The number of nitrogens with one attached hydrogen (secondary N) is 1. The molecule has 37 heavy (non-hydrogen) atoms. The number of para-hydroxylation sites is 1. The molecule has 0 spiro atoms. The summed E-state index contributed by atoms with van der Waals surface area (Å²) in [4.78, 5) is 30.2. The van der Waals surface area contributed by atoms with Gasteiger partial charge in [-0.1, -0.05) is 48.5 Å². The average molecular weight is 493 g/mol. The van der Waals surface area contributed by atoms with Crippen molar-refractivity contribution in [1.82, 2.24) is 14.8 Å². The van der Waals surface area contributed by atoms with E-state index in [0.29, 0.717) is 23.5 Å². The summed E-state index contributed by atoms with van der Waals surface area (Å²) in [6.07, 6.45) is 6.83. The zero-order valence-electron chi connectivity index (χ0n) is 20.1. The van der Waals surface area contributed by atoms with Crippen LogP contribution in [0, 0.1) is 0 Å². The Bertz CT molecular complexity index is 1480. The Morgan fingerprint density at radius 2 is 1.81 bits per heavy atom. The van der Waals surface area contributed by atoms with E-state index in [1.165, 1.54) is 0 Å². The smallest absolute Gasteiger partial charge is 0.347 e. The maximum absolute atomic E-state index is 13.3. The quantitative estimate of drug-likeness (QED) is 0.214. The van der Waals surface area contributed by atoms with Gasteiger partial charge < -0.3 is 14.8 Å². The van der Waals surface area contributed by atoms with Crippen LogP contribution in [0.3, 0.4) is 0 Å². The van der Waals surface area contributed by atoms with E-state index in [9.17, 15) is 9.59 Å². The fourth-order valence-corrected chi connectivity index (χ4v) is 3.92. The number of aromatic nitrogens is 3. The number of ketones is 1. The molecule has 3 heterocycles.